The first-order valence-corrected chi connectivity index (χ1v) is 20.3. The Morgan fingerprint density at radius 1 is 0.735 bits per heavy atom. The summed E-state index contributed by atoms with van der Waals surface area (Å²) in [5.41, 5.74) is 2.18. The zero-order valence-electron chi connectivity index (χ0n) is 28.7. The van der Waals surface area contributed by atoms with E-state index in [-0.39, 0.29) is 0 Å². The maximum atomic E-state index is 5.86. The summed E-state index contributed by atoms with van der Waals surface area (Å²) in [6.45, 7) is 0. The van der Waals surface area contributed by atoms with E-state index >= 15 is 0 Å². The second kappa shape index (κ2) is 12.1. The van der Waals surface area contributed by atoms with Gasteiger partial charge in [0.2, 0.25) is 5.13 Å². The number of hydrogen-bond acceptors (Lipinski definition) is 11. The molecule has 10 rings (SSSR count). The fourth-order valence-corrected chi connectivity index (χ4v) is 13.5. The summed E-state index contributed by atoms with van der Waals surface area (Å²) in [5.74, 6) is 6.92. The minimum atomic E-state index is 0.378. The molecule has 10 atom stereocenters. The van der Waals surface area contributed by atoms with Crippen molar-refractivity contribution in [3.05, 3.63) is 18.2 Å². The van der Waals surface area contributed by atoms with Gasteiger partial charge in [0.05, 0.1) is 32.4 Å². The minimum absolute atomic E-state index is 0.378. The molecule has 1 aromatic carbocycles. The number of fused-ring (bicyclic) bond motifs is 5. The van der Waals surface area contributed by atoms with E-state index in [4.69, 9.17) is 24.4 Å². The van der Waals surface area contributed by atoms with E-state index < -0.39 is 0 Å². The van der Waals surface area contributed by atoms with Crippen molar-refractivity contribution in [2.45, 2.75) is 101 Å². The third-order valence-corrected chi connectivity index (χ3v) is 15.5. The number of hydrogen-bond donors (Lipinski definition) is 1. The first kappa shape index (κ1) is 30.8. The molecule has 4 heterocycles. The number of nitrogens with zero attached hydrogens (tertiary/aromatic N) is 6. The van der Waals surface area contributed by atoms with Crippen LogP contribution in [0.4, 0.5) is 5.82 Å². The molecule has 260 valence electrons. The maximum absolute atomic E-state index is 5.86. The highest BCUT2D eigenvalue weighted by Crippen LogP contribution is 2.63. The van der Waals surface area contributed by atoms with Crippen molar-refractivity contribution in [3.8, 4) is 31.8 Å². The number of benzene rings is 1. The Labute approximate surface area is 295 Å². The molecule has 5 aliphatic carbocycles. The first-order chi connectivity index (χ1) is 24.2. The van der Waals surface area contributed by atoms with E-state index in [1.54, 1.807) is 21.3 Å². The van der Waals surface area contributed by atoms with Gasteiger partial charge >= 0.3 is 0 Å². The minimum Gasteiger partial charge on any atom is -0.497 e. The van der Waals surface area contributed by atoms with Gasteiger partial charge < -0.3 is 24.4 Å². The lowest BCUT2D eigenvalue weighted by atomic mass is 9.45. The fourth-order valence-electron chi connectivity index (χ4n) is 12.1. The van der Waals surface area contributed by atoms with Crippen LogP contribution in [0.15, 0.2) is 18.2 Å². The van der Waals surface area contributed by atoms with Crippen molar-refractivity contribution in [1.29, 1.82) is 0 Å². The van der Waals surface area contributed by atoms with Crippen LogP contribution in [0.2, 0.25) is 0 Å². The molecule has 3 aromatic heterocycles. The number of anilines is 1. The highest BCUT2D eigenvalue weighted by atomic mass is 32.1. The summed E-state index contributed by atoms with van der Waals surface area (Å²) in [4.78, 5) is 2.97. The number of aromatic nitrogens is 5. The number of piperazine rings is 1. The highest BCUT2D eigenvalue weighted by Gasteiger charge is 2.62. The van der Waals surface area contributed by atoms with Crippen molar-refractivity contribution in [2.24, 2.45) is 35.5 Å². The van der Waals surface area contributed by atoms with E-state index in [0.717, 1.165) is 61.9 Å². The summed E-state index contributed by atoms with van der Waals surface area (Å²) >= 11 is 3.03. The number of rotatable bonds is 6. The van der Waals surface area contributed by atoms with Gasteiger partial charge in [-0.15, -0.1) is 10.2 Å². The van der Waals surface area contributed by atoms with E-state index in [9.17, 15) is 0 Å². The van der Waals surface area contributed by atoms with Crippen LogP contribution in [0.3, 0.4) is 0 Å². The third kappa shape index (κ3) is 4.64. The van der Waals surface area contributed by atoms with Crippen molar-refractivity contribution < 1.29 is 14.2 Å². The Balaban J connectivity index is 1.26. The Morgan fingerprint density at radius 2 is 1.47 bits per heavy atom. The Hall–Kier alpha value is -2.96. The van der Waals surface area contributed by atoms with Crippen molar-refractivity contribution in [1.82, 2.24) is 30.3 Å². The van der Waals surface area contributed by atoms with E-state index in [1.165, 1.54) is 106 Å². The second-order valence-electron chi connectivity index (χ2n) is 15.5. The van der Waals surface area contributed by atoms with Gasteiger partial charge in [0.1, 0.15) is 11.6 Å². The summed E-state index contributed by atoms with van der Waals surface area (Å²) in [6, 6.07) is 8.14. The van der Waals surface area contributed by atoms with E-state index in [2.05, 4.69) is 43.2 Å². The second-order valence-corrected chi connectivity index (χ2v) is 17.4. The van der Waals surface area contributed by atoms with Gasteiger partial charge in [0.15, 0.2) is 5.01 Å². The summed E-state index contributed by atoms with van der Waals surface area (Å²) in [6.07, 6.45) is 16.2. The first-order valence-electron chi connectivity index (χ1n) is 18.7. The molecule has 6 fully saturated rings. The monoisotopic (exact) mass is 701 g/mol. The van der Waals surface area contributed by atoms with Crippen LogP contribution >= 0.6 is 22.7 Å². The lowest BCUT2D eigenvalue weighted by Gasteiger charge is -2.67. The zero-order chi connectivity index (χ0) is 32.8. The average molecular weight is 702 g/mol. The van der Waals surface area contributed by atoms with Gasteiger partial charge in [-0.1, -0.05) is 60.1 Å². The smallest absolute Gasteiger partial charge is 0.295 e. The van der Waals surface area contributed by atoms with Crippen LogP contribution in [0.25, 0.3) is 26.6 Å². The van der Waals surface area contributed by atoms with Gasteiger partial charge in [0, 0.05) is 29.6 Å². The standard InChI is InChI=1S/C37H47N7O3S2/c1-45-21-16-17-26-24(18-21)30(33-39-41-36(46-2)48-33)34(44(26)35-40-42-37(47-3)49-35)43-27-13-5-4-12-25(27)38-31-22-10-6-8-19-14-15-20-9-7-11-23(32(31)43)29(20)28(19)22/h16-20,22-23,25,27-29,31-32,38H,4-15H2,1-3H3. The molecule has 4 aromatic rings. The molecule has 6 aliphatic rings. The van der Waals surface area contributed by atoms with Crippen LogP contribution in [0.1, 0.15) is 77.0 Å². The van der Waals surface area contributed by atoms with Crippen molar-refractivity contribution >= 4 is 39.4 Å². The zero-order valence-corrected chi connectivity index (χ0v) is 30.3. The molecule has 1 aliphatic heterocycles. The summed E-state index contributed by atoms with van der Waals surface area (Å²) < 4.78 is 19.5. The largest absolute Gasteiger partial charge is 0.497 e. The molecule has 0 amide bonds. The number of ether oxygens (including phenoxy) is 3. The SMILES string of the molecule is COc1ccc2c(c1)c(-c1nnc(OC)s1)c(N1C3CCCCC3NC3C4CCCC5CCC6CCCC(C6C54)C31)n2-c1nnc(OC)s1. The Bertz CT molecular complexity index is 1860. The van der Waals surface area contributed by atoms with Crippen molar-refractivity contribution in [2.75, 3.05) is 26.2 Å². The Morgan fingerprint density at radius 3 is 2.22 bits per heavy atom. The Kier molecular flexibility index (Phi) is 7.60. The molecule has 0 radical (unpaired) electrons. The molecule has 49 heavy (non-hydrogen) atoms. The molecule has 0 bridgehead atoms. The molecule has 5 saturated carbocycles. The average Bonchev–Trinajstić information content (AvgIpc) is 3.90. The summed E-state index contributed by atoms with van der Waals surface area (Å²) in [5, 5.41) is 27.0. The lowest BCUT2D eigenvalue weighted by molar-refractivity contribution is -0.111. The topological polar surface area (TPSA) is 99.5 Å². The molecule has 10 unspecified atom stereocenters. The van der Waals surface area contributed by atoms with Gasteiger partial charge in [-0.05, 0) is 104 Å². The number of methoxy groups -OCH3 is 3. The van der Waals surface area contributed by atoms with Crippen LogP contribution in [-0.2, 0) is 0 Å². The van der Waals surface area contributed by atoms with Crippen molar-refractivity contribution in [3.63, 3.8) is 0 Å². The van der Waals surface area contributed by atoms with E-state index in [0.29, 0.717) is 40.5 Å². The fraction of sp³-hybridized carbons (Fsp3) is 0.676. The van der Waals surface area contributed by atoms with Crippen LogP contribution in [0, 0.1) is 35.5 Å². The predicted octanol–water partition coefficient (Wildman–Crippen LogP) is 7.36. The molecule has 10 nitrogen and oxygen atoms in total. The molecule has 12 heteroatoms. The molecule has 1 saturated heterocycles. The quantitative estimate of drug-likeness (QED) is 0.221. The van der Waals surface area contributed by atoms with Gasteiger partial charge in [-0.3, -0.25) is 4.57 Å². The predicted molar refractivity (Wildman–Crippen MR) is 192 cm³/mol. The van der Waals surface area contributed by atoms with Gasteiger partial charge in [-0.2, -0.15) is 0 Å². The molecule has 0 spiro atoms. The van der Waals surface area contributed by atoms with Crippen LogP contribution < -0.4 is 24.4 Å². The lowest BCUT2D eigenvalue weighted by Crippen LogP contribution is -2.76. The van der Waals surface area contributed by atoms with Crippen LogP contribution in [0.5, 0.6) is 16.1 Å². The molecular weight excluding hydrogens is 655 g/mol. The van der Waals surface area contributed by atoms with Gasteiger partial charge in [-0.25, -0.2) is 0 Å². The number of nitrogens with one attached hydrogen (secondary N) is 1. The molecular formula is C37H47N7O3S2. The maximum Gasteiger partial charge on any atom is 0.295 e. The van der Waals surface area contributed by atoms with E-state index in [1.807, 2.05) is 0 Å². The third-order valence-electron chi connectivity index (χ3n) is 13.7. The highest BCUT2D eigenvalue weighted by molar-refractivity contribution is 7.16. The normalized spacial score (nSPS) is 35.0. The van der Waals surface area contributed by atoms with Gasteiger partial charge in [0.25, 0.3) is 10.4 Å². The molecule has 1 N–H and O–H groups in total. The summed E-state index contributed by atoms with van der Waals surface area (Å²) in [7, 11) is 5.10. The van der Waals surface area contributed by atoms with Crippen LogP contribution in [-0.4, -0.2) is 70.5 Å².